The zero-order valence-electron chi connectivity index (χ0n) is 12.2. The van der Waals surface area contributed by atoms with Gasteiger partial charge in [0.05, 0.1) is 11.0 Å². The van der Waals surface area contributed by atoms with E-state index in [4.69, 9.17) is 10.2 Å². The number of hydrogen-bond acceptors (Lipinski definition) is 3. The monoisotopic (exact) mass is 314 g/mol. The SMILES string of the molecule is Cc1[nH]ccc2c1[nH]c1cc(=O)ccc12.O=C(O)/C=C/C(=O)O. The molecule has 7 nitrogen and oxygen atoms in total. The molecule has 3 rings (SSSR count). The van der Waals surface area contributed by atoms with E-state index in [0.29, 0.717) is 12.2 Å². The van der Waals surface area contributed by atoms with Crippen LogP contribution < -0.4 is 5.43 Å². The number of aromatic nitrogens is 2. The fraction of sp³-hybridized carbons (Fsp3) is 0.0625. The van der Waals surface area contributed by atoms with Crippen LogP contribution in [0.25, 0.3) is 21.8 Å². The third-order valence-electron chi connectivity index (χ3n) is 3.10. The standard InChI is InChI=1S/C12H10N2O.C4H4O4/c1-7-12-10(4-5-13-7)9-3-2-8(15)6-11(9)14-12;5-3(6)1-2-4(7)8/h2-6,13-14H,1H3;1-2H,(H,5,6)(H,7,8)/b;2-1+. The van der Waals surface area contributed by atoms with E-state index in [1.165, 1.54) is 0 Å². The molecular formula is C16H14N2O5. The van der Waals surface area contributed by atoms with Crippen molar-refractivity contribution in [1.82, 2.24) is 9.97 Å². The van der Waals surface area contributed by atoms with Crippen LogP contribution in [-0.2, 0) is 9.59 Å². The van der Waals surface area contributed by atoms with Crippen LogP contribution >= 0.6 is 0 Å². The van der Waals surface area contributed by atoms with Gasteiger partial charge in [0.2, 0.25) is 0 Å². The minimum atomic E-state index is -1.26. The van der Waals surface area contributed by atoms with Gasteiger partial charge < -0.3 is 20.2 Å². The Hall–Kier alpha value is -3.35. The number of carboxylic acids is 2. The average Bonchev–Trinajstić information content (AvgIpc) is 2.85. The quantitative estimate of drug-likeness (QED) is 0.539. The molecule has 23 heavy (non-hydrogen) atoms. The summed E-state index contributed by atoms with van der Waals surface area (Å²) in [4.78, 5) is 36.7. The first kappa shape index (κ1) is 16.0. The lowest BCUT2D eigenvalue weighted by molar-refractivity contribution is -0.134. The van der Waals surface area contributed by atoms with Crippen molar-refractivity contribution in [2.45, 2.75) is 6.92 Å². The number of aliphatic carboxylic acids is 2. The Morgan fingerprint density at radius 3 is 2.30 bits per heavy atom. The van der Waals surface area contributed by atoms with Gasteiger partial charge in [-0.15, -0.1) is 0 Å². The normalized spacial score (nSPS) is 10.7. The molecule has 0 unspecified atom stereocenters. The van der Waals surface area contributed by atoms with Crippen molar-refractivity contribution < 1.29 is 19.8 Å². The third kappa shape index (κ3) is 3.85. The maximum Gasteiger partial charge on any atom is 0.328 e. The largest absolute Gasteiger partial charge is 0.478 e. The summed E-state index contributed by atoms with van der Waals surface area (Å²) < 4.78 is 0. The first-order valence-corrected chi connectivity index (χ1v) is 6.62. The number of hydrogen-bond donors (Lipinski definition) is 4. The number of aromatic amines is 2. The number of pyridine rings is 1. The minimum absolute atomic E-state index is 0.0377. The van der Waals surface area contributed by atoms with Crippen LogP contribution in [0.2, 0.25) is 0 Å². The van der Waals surface area contributed by atoms with E-state index >= 15 is 0 Å². The predicted octanol–water partition coefficient (Wildman–Crippen LogP) is 2.03. The highest BCUT2D eigenvalue weighted by atomic mass is 16.4. The molecule has 118 valence electrons. The van der Waals surface area contributed by atoms with Crippen LogP contribution in [0, 0.1) is 6.92 Å². The first-order valence-electron chi connectivity index (χ1n) is 6.62. The summed E-state index contributed by atoms with van der Waals surface area (Å²) >= 11 is 0. The lowest BCUT2D eigenvalue weighted by atomic mass is 10.2. The number of carbonyl (C=O) groups is 2. The second-order valence-corrected chi connectivity index (χ2v) is 4.73. The minimum Gasteiger partial charge on any atom is -0.478 e. The number of carboxylic acid groups (broad SMARTS) is 2. The Morgan fingerprint density at radius 2 is 1.70 bits per heavy atom. The van der Waals surface area contributed by atoms with Gasteiger partial charge in [0.25, 0.3) is 0 Å². The molecule has 0 aliphatic heterocycles. The fourth-order valence-electron chi connectivity index (χ4n) is 2.13. The Labute approximate surface area is 129 Å². The highest BCUT2D eigenvalue weighted by Crippen LogP contribution is 2.24. The molecule has 2 heterocycles. The van der Waals surface area contributed by atoms with Crippen molar-refractivity contribution >= 4 is 33.7 Å². The van der Waals surface area contributed by atoms with Gasteiger partial charge in [0.15, 0.2) is 5.43 Å². The molecule has 0 aliphatic carbocycles. The molecule has 0 bridgehead atoms. The molecule has 0 saturated carbocycles. The van der Waals surface area contributed by atoms with Crippen molar-refractivity contribution in [3.8, 4) is 0 Å². The molecule has 2 aromatic heterocycles. The van der Waals surface area contributed by atoms with Gasteiger partial charge in [-0.3, -0.25) is 4.79 Å². The highest BCUT2D eigenvalue weighted by Gasteiger charge is 2.05. The number of rotatable bonds is 2. The molecular weight excluding hydrogens is 300 g/mol. The highest BCUT2D eigenvalue weighted by molar-refractivity contribution is 6.07. The molecule has 0 aliphatic rings. The molecule has 3 aromatic rings. The zero-order chi connectivity index (χ0) is 17.0. The number of H-pyrrole nitrogens is 2. The molecule has 7 heteroatoms. The molecule has 1 aromatic carbocycles. The second kappa shape index (κ2) is 6.61. The predicted molar refractivity (Wildman–Crippen MR) is 85.6 cm³/mol. The van der Waals surface area contributed by atoms with E-state index in [9.17, 15) is 14.4 Å². The van der Waals surface area contributed by atoms with Crippen LogP contribution in [0.15, 0.2) is 47.4 Å². The molecule has 4 N–H and O–H groups in total. The zero-order valence-corrected chi connectivity index (χ0v) is 12.2. The third-order valence-corrected chi connectivity index (χ3v) is 3.10. The number of nitrogens with one attached hydrogen (secondary N) is 2. The first-order chi connectivity index (χ1) is 10.9. The van der Waals surface area contributed by atoms with Gasteiger partial charge in [0.1, 0.15) is 0 Å². The van der Waals surface area contributed by atoms with Crippen molar-refractivity contribution in [3.63, 3.8) is 0 Å². The number of aryl methyl sites for hydroxylation is 1. The van der Waals surface area contributed by atoms with E-state index in [2.05, 4.69) is 9.97 Å². The van der Waals surface area contributed by atoms with Crippen molar-refractivity contribution in [1.29, 1.82) is 0 Å². The van der Waals surface area contributed by atoms with Gasteiger partial charge in [-0.1, -0.05) is 0 Å². The molecule has 0 atom stereocenters. The summed E-state index contributed by atoms with van der Waals surface area (Å²) in [5, 5.41) is 17.9. The molecule has 0 spiro atoms. The smallest absolute Gasteiger partial charge is 0.328 e. The summed E-state index contributed by atoms with van der Waals surface area (Å²) in [6, 6.07) is 7.12. The van der Waals surface area contributed by atoms with Crippen LogP contribution in [0.1, 0.15) is 5.69 Å². The van der Waals surface area contributed by atoms with Crippen molar-refractivity contribution in [3.05, 3.63) is 58.5 Å². The summed E-state index contributed by atoms with van der Waals surface area (Å²) in [6.45, 7) is 2.01. The van der Waals surface area contributed by atoms with E-state index in [-0.39, 0.29) is 5.43 Å². The average molecular weight is 314 g/mol. The maximum absolute atomic E-state index is 11.2. The van der Waals surface area contributed by atoms with Gasteiger partial charge >= 0.3 is 11.9 Å². The Bertz CT molecular complexity index is 949. The van der Waals surface area contributed by atoms with E-state index in [1.54, 1.807) is 12.1 Å². The topological polar surface area (TPSA) is 123 Å². The molecule has 0 saturated heterocycles. The van der Waals surface area contributed by atoms with Crippen molar-refractivity contribution in [2.24, 2.45) is 0 Å². The Morgan fingerprint density at radius 1 is 1.04 bits per heavy atom. The lowest BCUT2D eigenvalue weighted by Gasteiger charge is -1.94. The fourth-order valence-corrected chi connectivity index (χ4v) is 2.13. The lowest BCUT2D eigenvalue weighted by Crippen LogP contribution is -1.93. The van der Waals surface area contributed by atoms with E-state index < -0.39 is 11.9 Å². The van der Waals surface area contributed by atoms with Crippen LogP contribution in [-0.4, -0.2) is 32.1 Å². The molecule has 0 amide bonds. The van der Waals surface area contributed by atoms with Crippen LogP contribution in [0.4, 0.5) is 0 Å². The van der Waals surface area contributed by atoms with Gasteiger partial charge in [-0.05, 0) is 25.1 Å². The summed E-state index contributed by atoms with van der Waals surface area (Å²) in [5.41, 5.74) is 3.09. The van der Waals surface area contributed by atoms with Crippen LogP contribution in [0.5, 0.6) is 0 Å². The molecule has 0 radical (unpaired) electrons. The van der Waals surface area contributed by atoms with E-state index in [1.807, 2.05) is 25.3 Å². The number of fused-ring (bicyclic) bond motifs is 3. The van der Waals surface area contributed by atoms with Crippen molar-refractivity contribution in [2.75, 3.05) is 0 Å². The van der Waals surface area contributed by atoms with Crippen LogP contribution in [0.3, 0.4) is 0 Å². The molecule has 0 fully saturated rings. The van der Waals surface area contributed by atoms with E-state index in [0.717, 1.165) is 27.5 Å². The maximum atomic E-state index is 11.2. The second-order valence-electron chi connectivity index (χ2n) is 4.73. The summed E-state index contributed by atoms with van der Waals surface area (Å²) in [5.74, 6) is -2.51. The Balaban J connectivity index is 0.000000207. The Kier molecular flexibility index (Phi) is 4.61. The summed E-state index contributed by atoms with van der Waals surface area (Å²) in [7, 11) is 0. The van der Waals surface area contributed by atoms with Gasteiger partial charge in [-0.2, -0.15) is 0 Å². The summed E-state index contributed by atoms with van der Waals surface area (Å²) in [6.07, 6.45) is 3.03. The van der Waals surface area contributed by atoms with Gasteiger partial charge in [-0.25, -0.2) is 9.59 Å². The number of benzene rings is 1. The van der Waals surface area contributed by atoms with Gasteiger partial charge in [0, 0.05) is 40.9 Å².